The Labute approximate surface area is 176 Å². The lowest BCUT2D eigenvalue weighted by Crippen LogP contribution is -2.33. The molecule has 160 valence electrons. The smallest absolute Gasteiger partial charge is 0.184 e. The minimum Gasteiger partial charge on any atom is -0.348 e. The van der Waals surface area contributed by atoms with Crippen LogP contribution in [-0.2, 0) is 29.7 Å². The first-order valence-electron chi connectivity index (χ1n) is 10.7. The van der Waals surface area contributed by atoms with Gasteiger partial charge >= 0.3 is 0 Å². The summed E-state index contributed by atoms with van der Waals surface area (Å²) < 4.78 is 28.4. The zero-order valence-corrected chi connectivity index (χ0v) is 19.6. The van der Waals surface area contributed by atoms with Crippen LogP contribution >= 0.6 is 0 Å². The van der Waals surface area contributed by atoms with E-state index in [-0.39, 0.29) is 0 Å². The van der Waals surface area contributed by atoms with Gasteiger partial charge in [-0.3, -0.25) is 0 Å². The molecule has 0 bridgehead atoms. The fourth-order valence-corrected chi connectivity index (χ4v) is 5.20. The van der Waals surface area contributed by atoms with E-state index in [1.54, 1.807) is 31.2 Å². The summed E-state index contributed by atoms with van der Waals surface area (Å²) in [6.07, 6.45) is 7.07. The minimum atomic E-state index is -3.40. The second-order valence-corrected chi connectivity index (χ2v) is 9.73. The molecule has 1 aromatic carbocycles. The van der Waals surface area contributed by atoms with Crippen molar-refractivity contribution in [1.82, 2.24) is 9.47 Å². The molecule has 0 aliphatic carbocycles. The summed E-state index contributed by atoms with van der Waals surface area (Å²) in [6.45, 7) is 9.96. The number of nitrogens with zero attached hydrogens (tertiary/aromatic N) is 2. The van der Waals surface area contributed by atoms with E-state index in [4.69, 9.17) is 0 Å². The molecule has 3 rings (SSSR count). The van der Waals surface area contributed by atoms with Gasteiger partial charge in [-0.1, -0.05) is 51.1 Å². The van der Waals surface area contributed by atoms with E-state index in [2.05, 4.69) is 36.6 Å². The summed E-state index contributed by atoms with van der Waals surface area (Å²) in [6, 6.07) is 8.76. The molecule has 0 fully saturated rings. The van der Waals surface area contributed by atoms with Crippen molar-refractivity contribution in [3.8, 4) is 0 Å². The molecule has 2 aromatic rings. The molecule has 4 nitrogen and oxygen atoms in total. The second kappa shape index (κ2) is 10.3. The molecule has 2 heterocycles. The fourth-order valence-electron chi connectivity index (χ4n) is 3.92. The van der Waals surface area contributed by atoms with Crippen molar-refractivity contribution in [1.29, 1.82) is 0 Å². The van der Waals surface area contributed by atoms with E-state index in [1.165, 1.54) is 11.3 Å². The number of hydrogen-bond donors (Lipinski definition) is 0. The Morgan fingerprint density at radius 1 is 1.07 bits per heavy atom. The highest BCUT2D eigenvalue weighted by Gasteiger charge is 2.23. The number of sulfone groups is 1. The summed E-state index contributed by atoms with van der Waals surface area (Å²) in [4.78, 5) is 2.73. The van der Waals surface area contributed by atoms with E-state index in [0.717, 1.165) is 42.9 Å². The average molecular weight is 417 g/mol. The van der Waals surface area contributed by atoms with Crippen LogP contribution in [0.25, 0.3) is 12.2 Å². The summed E-state index contributed by atoms with van der Waals surface area (Å²) in [7, 11) is 0.865. The Bertz CT molecular complexity index is 1020. The van der Waals surface area contributed by atoms with E-state index < -0.39 is 15.1 Å². The SMILES string of the molecule is CC.CC/C=c1\c(=C/C(C)S(=O)(=O)c2ccccc2)c2c(n1C)CCN(C)CC2. The van der Waals surface area contributed by atoms with Gasteiger partial charge in [0.2, 0.25) is 0 Å². The van der Waals surface area contributed by atoms with E-state index in [0.29, 0.717) is 4.90 Å². The monoisotopic (exact) mass is 416 g/mol. The summed E-state index contributed by atoms with van der Waals surface area (Å²) >= 11 is 0. The molecule has 0 amide bonds. The zero-order valence-electron chi connectivity index (χ0n) is 18.8. The first kappa shape index (κ1) is 23.4. The highest BCUT2D eigenvalue weighted by molar-refractivity contribution is 7.92. The first-order valence-corrected chi connectivity index (χ1v) is 12.3. The van der Waals surface area contributed by atoms with Crippen molar-refractivity contribution in [3.05, 3.63) is 52.2 Å². The molecule has 0 radical (unpaired) electrons. The zero-order chi connectivity index (χ0) is 21.6. The van der Waals surface area contributed by atoms with Crippen molar-refractivity contribution in [2.45, 2.75) is 57.1 Å². The Kier molecular flexibility index (Phi) is 8.29. The molecule has 1 atom stereocenters. The molecule has 1 unspecified atom stereocenters. The Balaban J connectivity index is 0.00000145. The number of benzene rings is 1. The first-order chi connectivity index (χ1) is 13.9. The van der Waals surface area contributed by atoms with Crippen LogP contribution in [0.15, 0.2) is 35.2 Å². The fraction of sp³-hybridized carbons (Fsp3) is 0.500. The maximum Gasteiger partial charge on any atom is 0.184 e. The summed E-state index contributed by atoms with van der Waals surface area (Å²) in [5.41, 5.74) is 2.66. The number of fused-ring (bicyclic) bond motifs is 1. The van der Waals surface area contributed by atoms with E-state index in [9.17, 15) is 8.42 Å². The summed E-state index contributed by atoms with van der Waals surface area (Å²) in [5, 5.41) is 1.69. The molecular formula is C24H36N2O2S. The Hall–Kier alpha value is -1.85. The number of aromatic nitrogens is 1. The lowest BCUT2D eigenvalue weighted by atomic mass is 10.1. The topological polar surface area (TPSA) is 42.3 Å². The van der Waals surface area contributed by atoms with E-state index in [1.807, 2.05) is 26.0 Å². The average Bonchev–Trinajstić information content (AvgIpc) is 2.86. The number of hydrogen-bond acceptors (Lipinski definition) is 3. The minimum absolute atomic E-state index is 0.386. The Morgan fingerprint density at radius 2 is 1.69 bits per heavy atom. The molecule has 0 saturated carbocycles. The van der Waals surface area contributed by atoms with Gasteiger partial charge in [-0.05, 0) is 44.5 Å². The van der Waals surface area contributed by atoms with Crippen molar-refractivity contribution >= 4 is 22.0 Å². The number of likely N-dealkylation sites (N-methyl/N-ethyl adjacent to an activating group) is 1. The van der Waals surface area contributed by atoms with Gasteiger partial charge in [0.05, 0.1) is 10.1 Å². The predicted molar refractivity (Wildman–Crippen MR) is 123 cm³/mol. The lowest BCUT2D eigenvalue weighted by Gasteiger charge is -2.12. The molecule has 29 heavy (non-hydrogen) atoms. The van der Waals surface area contributed by atoms with Crippen molar-refractivity contribution in [2.75, 3.05) is 20.1 Å². The highest BCUT2D eigenvalue weighted by atomic mass is 32.2. The van der Waals surface area contributed by atoms with Crippen LogP contribution in [0.5, 0.6) is 0 Å². The van der Waals surface area contributed by atoms with Crippen LogP contribution in [-0.4, -0.2) is 43.3 Å². The van der Waals surface area contributed by atoms with Crippen LogP contribution in [0.3, 0.4) is 0 Å². The molecular weight excluding hydrogens is 380 g/mol. The van der Waals surface area contributed by atoms with Crippen molar-refractivity contribution in [3.63, 3.8) is 0 Å². The van der Waals surface area contributed by atoms with Gasteiger partial charge < -0.3 is 9.47 Å². The van der Waals surface area contributed by atoms with Crippen molar-refractivity contribution in [2.24, 2.45) is 7.05 Å². The van der Waals surface area contributed by atoms with Crippen LogP contribution in [0.1, 0.15) is 45.4 Å². The van der Waals surface area contributed by atoms with Gasteiger partial charge in [-0.2, -0.15) is 0 Å². The van der Waals surface area contributed by atoms with Gasteiger partial charge in [-0.15, -0.1) is 0 Å². The third-order valence-corrected chi connectivity index (χ3v) is 7.59. The van der Waals surface area contributed by atoms with Crippen molar-refractivity contribution < 1.29 is 8.42 Å². The van der Waals surface area contributed by atoms with E-state index >= 15 is 0 Å². The standard InChI is InChI=1S/C22H30N2O2S.C2H6/c1-5-9-21-20(19-12-14-23(3)15-13-22(19)24(21)4)16-17(2)27(25,26)18-10-7-6-8-11-18;1-2/h6-11,16-17H,5,12-15H2,1-4H3;1-2H3/b20-16-,21-9+;. The molecule has 0 spiro atoms. The molecule has 1 aromatic heterocycles. The van der Waals surface area contributed by atoms with Gasteiger partial charge in [0, 0.05) is 42.8 Å². The molecule has 1 aliphatic rings. The molecule has 0 saturated heterocycles. The Morgan fingerprint density at radius 3 is 2.31 bits per heavy atom. The van der Waals surface area contributed by atoms with Gasteiger partial charge in [0.15, 0.2) is 9.84 Å². The number of rotatable bonds is 4. The van der Waals surface area contributed by atoms with Crippen LogP contribution in [0.4, 0.5) is 0 Å². The van der Waals surface area contributed by atoms with Gasteiger partial charge in [0.25, 0.3) is 0 Å². The molecule has 1 aliphatic heterocycles. The van der Waals surface area contributed by atoms with Crippen LogP contribution in [0.2, 0.25) is 0 Å². The highest BCUT2D eigenvalue weighted by Crippen LogP contribution is 2.17. The maximum atomic E-state index is 13.0. The third kappa shape index (κ3) is 5.01. The maximum absolute atomic E-state index is 13.0. The van der Waals surface area contributed by atoms with Gasteiger partial charge in [0.1, 0.15) is 0 Å². The lowest BCUT2D eigenvalue weighted by molar-refractivity contribution is 0.350. The van der Waals surface area contributed by atoms with Gasteiger partial charge in [-0.25, -0.2) is 8.42 Å². The second-order valence-electron chi connectivity index (χ2n) is 7.43. The molecule has 5 heteroatoms. The largest absolute Gasteiger partial charge is 0.348 e. The normalized spacial score (nSPS) is 17.3. The summed E-state index contributed by atoms with van der Waals surface area (Å²) in [5.74, 6) is 0. The predicted octanol–water partition coefficient (Wildman–Crippen LogP) is 2.92. The quantitative estimate of drug-likeness (QED) is 0.770. The molecule has 0 N–H and O–H groups in total. The van der Waals surface area contributed by atoms with Crippen LogP contribution < -0.4 is 10.6 Å². The van der Waals surface area contributed by atoms with Crippen LogP contribution in [0, 0.1) is 0 Å². The third-order valence-electron chi connectivity index (χ3n) is 5.55.